The Labute approximate surface area is 58.5 Å². The molecule has 0 amide bonds. The van der Waals surface area contributed by atoms with Crippen molar-refractivity contribution in [3.05, 3.63) is 0 Å². The number of alkyl halides is 1. The van der Waals surface area contributed by atoms with E-state index >= 15 is 0 Å². The molecular weight excluding hydrogens is 137 g/mol. The molecule has 1 aliphatic rings. The van der Waals surface area contributed by atoms with E-state index in [4.69, 9.17) is 0 Å². The molecule has 1 heterocycles. The normalized spacial score (nSPS) is 23.7. The third-order valence-corrected chi connectivity index (χ3v) is 1.61. The number of carbonyl (C=O) groups excluding carboxylic acids is 1. The average Bonchev–Trinajstić information content (AvgIpc) is 1.89. The van der Waals surface area contributed by atoms with Crippen LogP contribution in [0.1, 0.15) is 12.8 Å². The van der Waals surface area contributed by atoms with E-state index in [1.807, 2.05) is 0 Å². The third-order valence-electron chi connectivity index (χ3n) is 1.61. The number of hydrogen-bond acceptors (Lipinski definition) is 3. The van der Waals surface area contributed by atoms with Crippen LogP contribution in [0.25, 0.3) is 0 Å². The van der Waals surface area contributed by atoms with Crippen LogP contribution in [-0.4, -0.2) is 25.4 Å². The minimum atomic E-state index is -1.70. The van der Waals surface area contributed by atoms with Crippen molar-refractivity contribution in [2.24, 2.45) is 0 Å². The predicted octanol–water partition coefficient (Wildman–Crippen LogP) is 0.209. The van der Waals surface area contributed by atoms with E-state index < -0.39 is 5.85 Å². The fraction of sp³-hybridized carbons (Fsp3) is 0.833. The summed E-state index contributed by atoms with van der Waals surface area (Å²) in [4.78, 5) is 9.80. The van der Waals surface area contributed by atoms with Crippen molar-refractivity contribution in [1.82, 2.24) is 5.32 Å². The van der Waals surface area contributed by atoms with Crippen molar-refractivity contribution >= 4 is 6.47 Å². The minimum Gasteiger partial charge on any atom is -0.431 e. The fourth-order valence-corrected chi connectivity index (χ4v) is 1.00. The highest BCUT2D eigenvalue weighted by atomic mass is 19.2. The molecule has 1 aliphatic heterocycles. The quantitative estimate of drug-likeness (QED) is 0.567. The smallest absolute Gasteiger partial charge is 0.295 e. The molecule has 1 N–H and O–H groups in total. The molecule has 4 heteroatoms. The summed E-state index contributed by atoms with van der Waals surface area (Å²) in [6, 6.07) is 0. The maximum Gasteiger partial charge on any atom is 0.295 e. The molecule has 0 aromatic rings. The maximum absolute atomic E-state index is 13.1. The molecule has 1 fully saturated rings. The molecule has 0 aliphatic carbocycles. The Morgan fingerprint density at radius 3 is 2.60 bits per heavy atom. The molecule has 1 rings (SSSR count). The molecule has 58 valence electrons. The Bertz CT molecular complexity index is 123. The summed E-state index contributed by atoms with van der Waals surface area (Å²) in [5.41, 5.74) is 0. The van der Waals surface area contributed by atoms with Crippen LogP contribution >= 0.6 is 0 Å². The van der Waals surface area contributed by atoms with Crippen LogP contribution in [0.15, 0.2) is 0 Å². The number of hydrogen-bond donors (Lipinski definition) is 1. The van der Waals surface area contributed by atoms with Gasteiger partial charge in [-0.05, 0) is 0 Å². The van der Waals surface area contributed by atoms with Crippen LogP contribution in [0.4, 0.5) is 4.39 Å². The van der Waals surface area contributed by atoms with Gasteiger partial charge in [0.2, 0.25) is 0 Å². The first-order chi connectivity index (χ1) is 4.77. The summed E-state index contributed by atoms with van der Waals surface area (Å²) in [5.74, 6) is -1.70. The van der Waals surface area contributed by atoms with E-state index in [2.05, 4.69) is 10.1 Å². The van der Waals surface area contributed by atoms with Gasteiger partial charge in [-0.3, -0.25) is 4.79 Å². The van der Waals surface area contributed by atoms with E-state index in [9.17, 15) is 9.18 Å². The molecule has 0 bridgehead atoms. The first kappa shape index (κ1) is 7.47. The summed E-state index contributed by atoms with van der Waals surface area (Å²) in [6.07, 6.45) is 0.511. The van der Waals surface area contributed by atoms with E-state index in [0.29, 0.717) is 13.1 Å². The average molecular weight is 147 g/mol. The number of carbonyl (C=O) groups is 1. The van der Waals surface area contributed by atoms with Crippen molar-refractivity contribution in [1.29, 1.82) is 0 Å². The van der Waals surface area contributed by atoms with Gasteiger partial charge in [-0.1, -0.05) is 0 Å². The molecule has 0 unspecified atom stereocenters. The molecule has 0 aromatic carbocycles. The lowest BCUT2D eigenvalue weighted by atomic mass is 10.1. The summed E-state index contributed by atoms with van der Waals surface area (Å²) in [7, 11) is 0. The molecule has 10 heavy (non-hydrogen) atoms. The lowest BCUT2D eigenvalue weighted by molar-refractivity contribution is -0.172. The van der Waals surface area contributed by atoms with Gasteiger partial charge in [0.05, 0.1) is 0 Å². The molecule has 0 saturated carbocycles. The zero-order valence-electron chi connectivity index (χ0n) is 5.60. The largest absolute Gasteiger partial charge is 0.431 e. The lowest BCUT2D eigenvalue weighted by Crippen LogP contribution is -2.40. The van der Waals surface area contributed by atoms with E-state index in [0.717, 1.165) is 0 Å². The Morgan fingerprint density at radius 2 is 2.10 bits per heavy atom. The predicted molar refractivity (Wildman–Crippen MR) is 33.1 cm³/mol. The molecule has 0 aromatic heterocycles. The van der Waals surface area contributed by atoms with Crippen molar-refractivity contribution in [3.63, 3.8) is 0 Å². The van der Waals surface area contributed by atoms with Gasteiger partial charge in [0, 0.05) is 25.9 Å². The van der Waals surface area contributed by atoms with Gasteiger partial charge >= 0.3 is 0 Å². The Hall–Kier alpha value is -0.640. The molecule has 1 saturated heterocycles. The summed E-state index contributed by atoms with van der Waals surface area (Å²) < 4.78 is 17.4. The number of nitrogens with one attached hydrogen (secondary N) is 1. The van der Waals surface area contributed by atoms with Gasteiger partial charge in [-0.15, -0.1) is 0 Å². The third kappa shape index (κ3) is 1.67. The SMILES string of the molecule is O=COC1(F)CCNCC1. The minimum absolute atomic E-state index is 0.172. The first-order valence-electron chi connectivity index (χ1n) is 3.28. The fourth-order valence-electron chi connectivity index (χ4n) is 1.00. The van der Waals surface area contributed by atoms with Gasteiger partial charge in [-0.2, -0.15) is 4.39 Å². The van der Waals surface area contributed by atoms with Crippen LogP contribution in [0.5, 0.6) is 0 Å². The topological polar surface area (TPSA) is 38.3 Å². The van der Waals surface area contributed by atoms with Crippen molar-refractivity contribution in [2.45, 2.75) is 18.7 Å². The Balaban J connectivity index is 2.39. The lowest BCUT2D eigenvalue weighted by Gasteiger charge is -2.27. The van der Waals surface area contributed by atoms with Gasteiger partial charge in [0.15, 0.2) is 0 Å². The van der Waals surface area contributed by atoms with Crippen LogP contribution in [0.3, 0.4) is 0 Å². The molecule has 0 atom stereocenters. The van der Waals surface area contributed by atoms with Crippen LogP contribution < -0.4 is 5.32 Å². The van der Waals surface area contributed by atoms with Crippen molar-refractivity contribution < 1.29 is 13.9 Å². The van der Waals surface area contributed by atoms with Crippen LogP contribution in [0.2, 0.25) is 0 Å². The van der Waals surface area contributed by atoms with E-state index in [1.165, 1.54) is 0 Å². The molecule has 0 radical (unpaired) electrons. The Morgan fingerprint density at radius 1 is 1.50 bits per heavy atom. The van der Waals surface area contributed by atoms with Crippen LogP contribution in [-0.2, 0) is 9.53 Å². The monoisotopic (exact) mass is 147 g/mol. The molecule has 0 spiro atoms. The zero-order chi connectivity index (χ0) is 7.45. The Kier molecular flexibility index (Phi) is 2.21. The summed E-state index contributed by atoms with van der Waals surface area (Å²) in [5, 5.41) is 2.96. The highest BCUT2D eigenvalue weighted by Gasteiger charge is 2.32. The second-order valence-corrected chi connectivity index (χ2v) is 2.35. The summed E-state index contributed by atoms with van der Waals surface area (Å²) in [6.45, 7) is 1.32. The number of halogens is 1. The first-order valence-corrected chi connectivity index (χ1v) is 3.28. The van der Waals surface area contributed by atoms with Gasteiger partial charge in [-0.25, -0.2) is 0 Å². The van der Waals surface area contributed by atoms with E-state index in [-0.39, 0.29) is 19.3 Å². The molecular formula is C6H10FNO2. The number of piperidine rings is 1. The highest BCUT2D eigenvalue weighted by Crippen LogP contribution is 2.23. The summed E-state index contributed by atoms with van der Waals surface area (Å²) >= 11 is 0. The van der Waals surface area contributed by atoms with Gasteiger partial charge in [0.1, 0.15) is 0 Å². The second kappa shape index (κ2) is 2.96. The maximum atomic E-state index is 13.1. The standard InChI is InChI=1S/C6H10FNO2/c7-6(10-5-9)1-3-8-4-2-6/h5,8H,1-4H2. The van der Waals surface area contributed by atoms with Gasteiger partial charge < -0.3 is 10.1 Å². The number of ether oxygens (including phenoxy) is 1. The van der Waals surface area contributed by atoms with Crippen molar-refractivity contribution in [3.8, 4) is 0 Å². The van der Waals surface area contributed by atoms with Crippen molar-refractivity contribution in [2.75, 3.05) is 13.1 Å². The van der Waals surface area contributed by atoms with Gasteiger partial charge in [0.25, 0.3) is 12.3 Å². The zero-order valence-corrected chi connectivity index (χ0v) is 5.60. The molecule has 3 nitrogen and oxygen atoms in total. The second-order valence-electron chi connectivity index (χ2n) is 2.35. The number of rotatable bonds is 2. The van der Waals surface area contributed by atoms with E-state index in [1.54, 1.807) is 0 Å². The van der Waals surface area contributed by atoms with Crippen LogP contribution in [0, 0.1) is 0 Å². The highest BCUT2D eigenvalue weighted by molar-refractivity contribution is 5.38.